The summed E-state index contributed by atoms with van der Waals surface area (Å²) in [5, 5.41) is 3.44. The molecule has 2 aromatic carbocycles. The molecule has 0 aliphatic rings. The maximum absolute atomic E-state index is 11.6. The van der Waals surface area contributed by atoms with Crippen molar-refractivity contribution in [3.8, 4) is 16.9 Å². The largest absolute Gasteiger partial charge is 0.358 e. The van der Waals surface area contributed by atoms with Gasteiger partial charge in [-0.25, -0.2) is 4.98 Å². The first-order valence-electron chi connectivity index (χ1n) is 7.82. The number of halogens is 1. The summed E-state index contributed by atoms with van der Waals surface area (Å²) in [6.45, 7) is 2.06. The van der Waals surface area contributed by atoms with E-state index in [4.69, 9.17) is 0 Å². The summed E-state index contributed by atoms with van der Waals surface area (Å²) >= 11 is 4.90. The first-order chi connectivity index (χ1) is 12.1. The number of hydrogen-bond acceptors (Lipinski definition) is 3. The van der Waals surface area contributed by atoms with Gasteiger partial charge in [-0.15, -0.1) is 0 Å². The Labute approximate surface area is 159 Å². The summed E-state index contributed by atoms with van der Waals surface area (Å²) in [4.78, 5) is 16.2. The van der Waals surface area contributed by atoms with Gasteiger partial charge in [-0.1, -0.05) is 57.5 Å². The van der Waals surface area contributed by atoms with Crippen molar-refractivity contribution in [2.45, 2.75) is 12.1 Å². The smallest absolute Gasteiger partial charge is 0.230 e. The number of thioether (sulfide) groups is 1. The molecular formula is C19H18BrN3OS. The first kappa shape index (κ1) is 17.8. The van der Waals surface area contributed by atoms with E-state index in [-0.39, 0.29) is 5.91 Å². The molecule has 0 atom stereocenters. The quantitative estimate of drug-likeness (QED) is 0.626. The molecule has 0 fully saturated rings. The standard InChI is InChI=1S/C19H18BrN3OS/c1-13-3-9-16(10-4-13)23-17(14-5-7-15(20)8-6-14)11-22-19(23)25-12-18(24)21-2/h3-11H,12H2,1-2H3,(H,21,24). The van der Waals surface area contributed by atoms with Crippen molar-refractivity contribution in [3.05, 3.63) is 64.8 Å². The van der Waals surface area contributed by atoms with Crippen LogP contribution in [0.15, 0.2) is 64.4 Å². The Morgan fingerprint density at radius 3 is 2.48 bits per heavy atom. The van der Waals surface area contributed by atoms with Gasteiger partial charge in [0.25, 0.3) is 0 Å². The van der Waals surface area contributed by atoms with Crippen LogP contribution in [0.25, 0.3) is 16.9 Å². The molecule has 4 nitrogen and oxygen atoms in total. The molecule has 1 aromatic heterocycles. The number of benzene rings is 2. The summed E-state index contributed by atoms with van der Waals surface area (Å²) in [5.74, 6) is 0.313. The highest BCUT2D eigenvalue weighted by molar-refractivity contribution is 9.10. The molecule has 0 saturated carbocycles. The van der Waals surface area contributed by atoms with Gasteiger partial charge in [-0.05, 0) is 31.2 Å². The zero-order valence-corrected chi connectivity index (χ0v) is 16.4. The molecule has 0 unspecified atom stereocenters. The SMILES string of the molecule is CNC(=O)CSc1ncc(-c2ccc(Br)cc2)n1-c1ccc(C)cc1. The lowest BCUT2D eigenvalue weighted by Crippen LogP contribution is -2.20. The minimum absolute atomic E-state index is 0.0198. The van der Waals surface area contributed by atoms with Crippen LogP contribution in [0.4, 0.5) is 0 Å². The van der Waals surface area contributed by atoms with E-state index in [1.54, 1.807) is 7.05 Å². The maximum Gasteiger partial charge on any atom is 0.230 e. The summed E-state index contributed by atoms with van der Waals surface area (Å²) in [7, 11) is 1.64. The molecule has 0 aliphatic heterocycles. The Morgan fingerprint density at radius 1 is 1.16 bits per heavy atom. The summed E-state index contributed by atoms with van der Waals surface area (Å²) in [5.41, 5.74) is 4.30. The molecule has 6 heteroatoms. The van der Waals surface area contributed by atoms with Crippen LogP contribution >= 0.6 is 27.7 Å². The minimum Gasteiger partial charge on any atom is -0.358 e. The molecule has 1 N–H and O–H groups in total. The van der Waals surface area contributed by atoms with Crippen molar-refractivity contribution >= 4 is 33.6 Å². The number of nitrogens with zero attached hydrogens (tertiary/aromatic N) is 2. The van der Waals surface area contributed by atoms with Gasteiger partial charge >= 0.3 is 0 Å². The van der Waals surface area contributed by atoms with Crippen LogP contribution in [0.5, 0.6) is 0 Å². The summed E-state index contributed by atoms with van der Waals surface area (Å²) < 4.78 is 3.13. The van der Waals surface area contributed by atoms with E-state index < -0.39 is 0 Å². The number of amides is 1. The van der Waals surface area contributed by atoms with Crippen molar-refractivity contribution in [2.24, 2.45) is 0 Å². The van der Waals surface area contributed by atoms with Gasteiger partial charge in [0.1, 0.15) is 0 Å². The molecular weight excluding hydrogens is 398 g/mol. The van der Waals surface area contributed by atoms with Crippen LogP contribution < -0.4 is 5.32 Å². The number of nitrogens with one attached hydrogen (secondary N) is 1. The van der Waals surface area contributed by atoms with Crippen LogP contribution in [0.2, 0.25) is 0 Å². The molecule has 0 radical (unpaired) electrons. The Balaban J connectivity index is 2.05. The van der Waals surface area contributed by atoms with Crippen LogP contribution in [-0.4, -0.2) is 28.3 Å². The highest BCUT2D eigenvalue weighted by Crippen LogP contribution is 2.30. The van der Waals surface area contributed by atoms with Gasteiger partial charge in [-0.2, -0.15) is 0 Å². The normalized spacial score (nSPS) is 10.7. The number of imidazole rings is 1. The average Bonchev–Trinajstić information content (AvgIpc) is 3.05. The lowest BCUT2D eigenvalue weighted by atomic mass is 10.1. The third-order valence-electron chi connectivity index (χ3n) is 3.77. The Kier molecular flexibility index (Phi) is 5.60. The molecule has 3 aromatic rings. The van der Waals surface area contributed by atoms with Gasteiger partial charge in [0, 0.05) is 22.8 Å². The molecule has 0 spiro atoms. The Hall–Kier alpha value is -2.05. The van der Waals surface area contributed by atoms with E-state index in [1.165, 1.54) is 17.3 Å². The number of hydrogen-bond donors (Lipinski definition) is 1. The molecule has 1 heterocycles. The van der Waals surface area contributed by atoms with Crippen molar-refractivity contribution in [2.75, 3.05) is 12.8 Å². The highest BCUT2D eigenvalue weighted by Gasteiger charge is 2.15. The fourth-order valence-corrected chi connectivity index (χ4v) is 3.54. The minimum atomic E-state index is -0.0198. The molecule has 25 heavy (non-hydrogen) atoms. The molecule has 0 aliphatic carbocycles. The van der Waals surface area contributed by atoms with Gasteiger partial charge in [-0.3, -0.25) is 9.36 Å². The summed E-state index contributed by atoms with van der Waals surface area (Å²) in [6, 6.07) is 16.4. The average molecular weight is 416 g/mol. The van der Waals surface area contributed by atoms with Crippen LogP contribution in [-0.2, 0) is 4.79 Å². The number of carbonyl (C=O) groups excluding carboxylic acids is 1. The molecule has 0 bridgehead atoms. The fourth-order valence-electron chi connectivity index (χ4n) is 2.41. The molecule has 0 saturated heterocycles. The van der Waals surface area contributed by atoms with Crippen molar-refractivity contribution in [1.29, 1.82) is 0 Å². The van der Waals surface area contributed by atoms with Crippen LogP contribution in [0.3, 0.4) is 0 Å². The molecule has 1 amide bonds. The number of carbonyl (C=O) groups is 1. The monoisotopic (exact) mass is 415 g/mol. The van der Waals surface area contributed by atoms with Gasteiger partial charge in [0.2, 0.25) is 5.91 Å². The number of aromatic nitrogens is 2. The zero-order chi connectivity index (χ0) is 17.8. The lowest BCUT2D eigenvalue weighted by molar-refractivity contribution is -0.118. The lowest BCUT2D eigenvalue weighted by Gasteiger charge is -2.12. The van der Waals surface area contributed by atoms with Gasteiger partial charge in [0.05, 0.1) is 17.6 Å². The van der Waals surface area contributed by atoms with E-state index in [0.29, 0.717) is 5.75 Å². The van der Waals surface area contributed by atoms with E-state index in [0.717, 1.165) is 26.6 Å². The predicted molar refractivity (Wildman–Crippen MR) is 106 cm³/mol. The Bertz CT molecular complexity index is 873. The van der Waals surface area contributed by atoms with Crippen LogP contribution in [0.1, 0.15) is 5.56 Å². The van der Waals surface area contributed by atoms with Crippen molar-refractivity contribution in [3.63, 3.8) is 0 Å². The van der Waals surface area contributed by atoms with Crippen molar-refractivity contribution in [1.82, 2.24) is 14.9 Å². The maximum atomic E-state index is 11.6. The Morgan fingerprint density at radius 2 is 1.84 bits per heavy atom. The fraction of sp³-hybridized carbons (Fsp3) is 0.158. The molecule has 3 rings (SSSR count). The number of aryl methyl sites for hydroxylation is 1. The highest BCUT2D eigenvalue weighted by atomic mass is 79.9. The third kappa shape index (κ3) is 4.14. The second-order valence-corrected chi connectivity index (χ2v) is 7.42. The van der Waals surface area contributed by atoms with Gasteiger partial charge in [0.15, 0.2) is 5.16 Å². The van der Waals surface area contributed by atoms with E-state index in [1.807, 2.05) is 18.3 Å². The third-order valence-corrected chi connectivity index (χ3v) is 5.25. The second kappa shape index (κ2) is 7.89. The van der Waals surface area contributed by atoms with Gasteiger partial charge < -0.3 is 5.32 Å². The molecule has 128 valence electrons. The van der Waals surface area contributed by atoms with Crippen molar-refractivity contribution < 1.29 is 4.79 Å². The predicted octanol–water partition coefficient (Wildman–Crippen LogP) is 4.45. The van der Waals surface area contributed by atoms with E-state index >= 15 is 0 Å². The van der Waals surface area contributed by atoms with E-state index in [2.05, 4.69) is 74.1 Å². The zero-order valence-electron chi connectivity index (χ0n) is 14.0. The number of rotatable bonds is 5. The first-order valence-corrected chi connectivity index (χ1v) is 9.60. The van der Waals surface area contributed by atoms with Crippen LogP contribution in [0, 0.1) is 6.92 Å². The topological polar surface area (TPSA) is 46.9 Å². The van der Waals surface area contributed by atoms with E-state index in [9.17, 15) is 4.79 Å². The summed E-state index contributed by atoms with van der Waals surface area (Å²) in [6.07, 6.45) is 1.86. The second-order valence-electron chi connectivity index (χ2n) is 5.57.